The summed E-state index contributed by atoms with van der Waals surface area (Å²) in [5.74, 6) is -1.80. The number of aryl methyl sites for hydroxylation is 1. The maximum atomic E-state index is 13.2. The van der Waals surface area contributed by atoms with Crippen molar-refractivity contribution in [1.29, 1.82) is 0 Å². The summed E-state index contributed by atoms with van der Waals surface area (Å²) < 4.78 is 65.5. The fraction of sp³-hybridized carbons (Fsp3) is 0.333. The first-order chi connectivity index (χ1) is 7.21. The first kappa shape index (κ1) is 13.2. The molecular formula is C9H6BrF5O. The van der Waals surface area contributed by atoms with Gasteiger partial charge in [-0.15, -0.1) is 0 Å². The largest absolute Gasteiger partial charge is 0.457 e. The van der Waals surface area contributed by atoms with Gasteiger partial charge in [0.1, 0.15) is 0 Å². The lowest BCUT2D eigenvalue weighted by molar-refractivity contribution is -0.237. The van der Waals surface area contributed by atoms with E-state index in [9.17, 15) is 22.0 Å². The standard InChI is InChI=1S/C9H6BrF5O/c1-4-2-5(10)3-6(11)7(4)16-8(12)9(13,14)15/h2-3,8H,1H3. The molecule has 7 heteroatoms. The predicted octanol–water partition coefficient (Wildman–Crippen LogP) is 4.13. The minimum atomic E-state index is -5.17. The average Bonchev–Trinajstić information content (AvgIpc) is 2.08. The Morgan fingerprint density at radius 2 is 1.88 bits per heavy atom. The quantitative estimate of drug-likeness (QED) is 0.746. The molecule has 0 amide bonds. The molecule has 16 heavy (non-hydrogen) atoms. The Morgan fingerprint density at radius 1 is 1.31 bits per heavy atom. The topological polar surface area (TPSA) is 9.23 Å². The molecular weight excluding hydrogens is 299 g/mol. The Morgan fingerprint density at radius 3 is 2.31 bits per heavy atom. The van der Waals surface area contributed by atoms with Gasteiger partial charge in [-0.2, -0.15) is 17.6 Å². The van der Waals surface area contributed by atoms with Crippen LogP contribution in [0.3, 0.4) is 0 Å². The normalized spacial score (nSPS) is 13.7. The molecule has 0 bridgehead atoms. The second kappa shape index (κ2) is 4.57. The lowest BCUT2D eigenvalue weighted by Gasteiger charge is -2.16. The van der Waals surface area contributed by atoms with Crippen molar-refractivity contribution in [2.75, 3.05) is 0 Å². The Hall–Kier alpha value is -0.850. The second-order valence-corrected chi connectivity index (χ2v) is 3.92. The van der Waals surface area contributed by atoms with Crippen molar-refractivity contribution >= 4 is 15.9 Å². The maximum absolute atomic E-state index is 13.2. The number of hydrogen-bond donors (Lipinski definition) is 0. The van der Waals surface area contributed by atoms with E-state index in [1.807, 2.05) is 0 Å². The van der Waals surface area contributed by atoms with Gasteiger partial charge in [-0.25, -0.2) is 4.39 Å². The summed E-state index contributed by atoms with van der Waals surface area (Å²) in [7, 11) is 0. The molecule has 0 saturated heterocycles. The molecule has 90 valence electrons. The number of benzene rings is 1. The molecule has 1 aromatic carbocycles. The van der Waals surface area contributed by atoms with Crippen LogP contribution in [-0.4, -0.2) is 12.5 Å². The molecule has 0 heterocycles. The molecule has 0 radical (unpaired) electrons. The van der Waals surface area contributed by atoms with Crippen LogP contribution in [0.15, 0.2) is 16.6 Å². The second-order valence-electron chi connectivity index (χ2n) is 3.01. The zero-order chi connectivity index (χ0) is 12.5. The predicted molar refractivity (Wildman–Crippen MR) is 50.4 cm³/mol. The highest BCUT2D eigenvalue weighted by molar-refractivity contribution is 9.10. The van der Waals surface area contributed by atoms with Gasteiger partial charge < -0.3 is 4.74 Å². The van der Waals surface area contributed by atoms with Gasteiger partial charge in [-0.05, 0) is 24.6 Å². The summed E-state index contributed by atoms with van der Waals surface area (Å²) >= 11 is 2.94. The van der Waals surface area contributed by atoms with Crippen LogP contribution in [0.25, 0.3) is 0 Å². The molecule has 0 saturated carbocycles. The van der Waals surface area contributed by atoms with Crippen molar-refractivity contribution in [1.82, 2.24) is 0 Å². The molecule has 1 rings (SSSR count). The Bertz CT molecular complexity index is 367. The van der Waals surface area contributed by atoms with Gasteiger partial charge in [-0.3, -0.25) is 0 Å². The lowest BCUT2D eigenvalue weighted by Crippen LogP contribution is -2.30. The van der Waals surface area contributed by atoms with Crippen LogP contribution in [0.4, 0.5) is 22.0 Å². The third kappa shape index (κ3) is 3.07. The first-order valence-corrected chi connectivity index (χ1v) is 4.84. The summed E-state index contributed by atoms with van der Waals surface area (Å²) in [6.45, 7) is 1.31. The van der Waals surface area contributed by atoms with Crippen LogP contribution in [0.2, 0.25) is 0 Å². The van der Waals surface area contributed by atoms with Crippen molar-refractivity contribution in [2.24, 2.45) is 0 Å². The lowest BCUT2D eigenvalue weighted by atomic mass is 10.2. The van der Waals surface area contributed by atoms with Crippen LogP contribution < -0.4 is 4.74 Å². The third-order valence-electron chi connectivity index (χ3n) is 1.67. The molecule has 1 aromatic rings. The highest BCUT2D eigenvalue weighted by Gasteiger charge is 2.43. The molecule has 0 aromatic heterocycles. The molecule has 1 atom stereocenters. The van der Waals surface area contributed by atoms with Crippen molar-refractivity contribution in [2.45, 2.75) is 19.5 Å². The van der Waals surface area contributed by atoms with Crippen molar-refractivity contribution in [3.63, 3.8) is 0 Å². The van der Waals surface area contributed by atoms with Crippen LogP contribution in [0.5, 0.6) is 5.75 Å². The van der Waals surface area contributed by atoms with E-state index >= 15 is 0 Å². The molecule has 0 aliphatic heterocycles. The van der Waals surface area contributed by atoms with E-state index in [4.69, 9.17) is 0 Å². The summed E-state index contributed by atoms with van der Waals surface area (Å²) in [4.78, 5) is 0. The number of halogens is 6. The van der Waals surface area contributed by atoms with Gasteiger partial charge in [0.2, 0.25) is 0 Å². The van der Waals surface area contributed by atoms with Gasteiger partial charge in [0.25, 0.3) is 0 Å². The molecule has 1 unspecified atom stereocenters. The Kier molecular flexibility index (Phi) is 3.77. The number of hydrogen-bond acceptors (Lipinski definition) is 1. The fourth-order valence-electron chi connectivity index (χ4n) is 1.01. The van der Waals surface area contributed by atoms with Crippen LogP contribution in [-0.2, 0) is 0 Å². The maximum Gasteiger partial charge on any atom is 0.457 e. The van der Waals surface area contributed by atoms with Gasteiger partial charge in [0.15, 0.2) is 11.6 Å². The summed E-state index contributed by atoms with van der Waals surface area (Å²) in [6, 6.07) is 2.22. The minimum Gasteiger partial charge on any atom is -0.449 e. The van der Waals surface area contributed by atoms with E-state index in [-0.39, 0.29) is 5.56 Å². The first-order valence-electron chi connectivity index (χ1n) is 4.05. The van der Waals surface area contributed by atoms with E-state index in [2.05, 4.69) is 20.7 Å². The summed E-state index contributed by atoms with van der Waals surface area (Å²) in [6.07, 6.45) is -8.71. The third-order valence-corrected chi connectivity index (χ3v) is 2.13. The highest BCUT2D eigenvalue weighted by atomic mass is 79.9. The van der Waals surface area contributed by atoms with E-state index in [0.717, 1.165) is 6.07 Å². The molecule has 0 N–H and O–H groups in total. The van der Waals surface area contributed by atoms with Crippen molar-refractivity contribution < 1.29 is 26.7 Å². The van der Waals surface area contributed by atoms with Crippen LogP contribution in [0.1, 0.15) is 5.56 Å². The van der Waals surface area contributed by atoms with Crippen molar-refractivity contribution in [3.8, 4) is 5.75 Å². The summed E-state index contributed by atoms with van der Waals surface area (Å²) in [5.41, 5.74) is 0.0683. The summed E-state index contributed by atoms with van der Waals surface area (Å²) in [5, 5.41) is 0. The molecule has 0 aliphatic rings. The zero-order valence-electron chi connectivity index (χ0n) is 7.91. The zero-order valence-corrected chi connectivity index (χ0v) is 9.49. The molecule has 0 spiro atoms. The van der Waals surface area contributed by atoms with E-state index in [1.54, 1.807) is 0 Å². The van der Waals surface area contributed by atoms with Gasteiger partial charge in [-0.1, -0.05) is 15.9 Å². The van der Waals surface area contributed by atoms with Gasteiger partial charge in [0, 0.05) is 4.47 Å². The van der Waals surface area contributed by atoms with E-state index in [0.29, 0.717) is 4.47 Å². The van der Waals surface area contributed by atoms with Crippen molar-refractivity contribution in [3.05, 3.63) is 28.0 Å². The SMILES string of the molecule is Cc1cc(Br)cc(F)c1OC(F)C(F)(F)F. The van der Waals surface area contributed by atoms with Gasteiger partial charge >= 0.3 is 12.5 Å². The number of ether oxygens (including phenoxy) is 1. The van der Waals surface area contributed by atoms with E-state index < -0.39 is 24.1 Å². The minimum absolute atomic E-state index is 0.0683. The van der Waals surface area contributed by atoms with Crippen LogP contribution >= 0.6 is 15.9 Å². The monoisotopic (exact) mass is 304 g/mol. The molecule has 0 fully saturated rings. The molecule has 0 aliphatic carbocycles. The number of rotatable bonds is 2. The fourth-order valence-corrected chi connectivity index (χ4v) is 1.55. The van der Waals surface area contributed by atoms with Gasteiger partial charge in [0.05, 0.1) is 0 Å². The Labute approximate surface area is 96.3 Å². The van der Waals surface area contributed by atoms with E-state index in [1.165, 1.54) is 13.0 Å². The Balaban J connectivity index is 2.98. The highest BCUT2D eigenvalue weighted by Crippen LogP contribution is 2.31. The number of alkyl halides is 4. The van der Waals surface area contributed by atoms with Crippen LogP contribution in [0, 0.1) is 12.7 Å². The molecule has 1 nitrogen and oxygen atoms in total. The smallest absolute Gasteiger partial charge is 0.449 e. The average molecular weight is 305 g/mol.